The van der Waals surface area contributed by atoms with Gasteiger partial charge < -0.3 is 15.3 Å². The van der Waals surface area contributed by atoms with Crippen molar-refractivity contribution in [3.05, 3.63) is 23.4 Å². The summed E-state index contributed by atoms with van der Waals surface area (Å²) < 4.78 is 0. The second-order valence-corrected chi connectivity index (χ2v) is 4.89. The fourth-order valence-corrected chi connectivity index (χ4v) is 2.24. The van der Waals surface area contributed by atoms with E-state index in [-0.39, 0.29) is 18.0 Å². The van der Waals surface area contributed by atoms with Crippen molar-refractivity contribution in [2.75, 3.05) is 24.5 Å². The molecule has 108 valence electrons. The van der Waals surface area contributed by atoms with Gasteiger partial charge in [0.15, 0.2) is 0 Å². The highest BCUT2D eigenvalue weighted by atomic mass is 16.4. The molecule has 0 unspecified atom stereocenters. The number of aryl methyl sites for hydroxylation is 1. The van der Waals surface area contributed by atoms with E-state index in [2.05, 4.69) is 10.3 Å². The first-order valence-corrected chi connectivity index (χ1v) is 6.86. The van der Waals surface area contributed by atoms with Crippen molar-refractivity contribution < 1.29 is 14.7 Å². The molecule has 0 radical (unpaired) electrons. The highest BCUT2D eigenvalue weighted by Gasteiger charge is 2.18. The van der Waals surface area contributed by atoms with E-state index < -0.39 is 5.97 Å². The van der Waals surface area contributed by atoms with E-state index in [4.69, 9.17) is 0 Å². The molecule has 0 bridgehead atoms. The summed E-state index contributed by atoms with van der Waals surface area (Å²) in [5.74, 6) is -0.447. The van der Waals surface area contributed by atoms with Crippen LogP contribution in [0.5, 0.6) is 0 Å². The summed E-state index contributed by atoms with van der Waals surface area (Å²) in [6, 6.07) is 3.15. The van der Waals surface area contributed by atoms with Crippen molar-refractivity contribution in [3.8, 4) is 0 Å². The Labute approximate surface area is 117 Å². The zero-order valence-electron chi connectivity index (χ0n) is 11.6. The van der Waals surface area contributed by atoms with Gasteiger partial charge in [-0.15, -0.1) is 0 Å². The van der Waals surface area contributed by atoms with Crippen molar-refractivity contribution in [2.45, 2.75) is 26.2 Å². The third kappa shape index (κ3) is 3.46. The molecule has 0 saturated carbocycles. The number of aromatic nitrogens is 1. The molecule has 1 aromatic heterocycles. The normalized spacial score (nSPS) is 15.7. The van der Waals surface area contributed by atoms with Gasteiger partial charge in [0.05, 0.1) is 12.1 Å². The van der Waals surface area contributed by atoms with Gasteiger partial charge in [-0.3, -0.25) is 4.79 Å². The predicted octanol–water partition coefficient (Wildman–Crippen LogP) is 1.06. The Balaban J connectivity index is 2.33. The van der Waals surface area contributed by atoms with Crippen LogP contribution in [0.2, 0.25) is 0 Å². The van der Waals surface area contributed by atoms with Gasteiger partial charge in [-0.2, -0.15) is 0 Å². The summed E-state index contributed by atoms with van der Waals surface area (Å²) in [6.45, 7) is 3.59. The van der Waals surface area contributed by atoms with E-state index in [1.54, 1.807) is 12.1 Å². The lowest BCUT2D eigenvalue weighted by molar-refractivity contribution is -0.119. The van der Waals surface area contributed by atoms with E-state index in [9.17, 15) is 14.7 Å². The second kappa shape index (κ2) is 6.36. The number of rotatable bonds is 4. The maximum atomic E-state index is 11.6. The summed E-state index contributed by atoms with van der Waals surface area (Å²) in [5.41, 5.74) is 0.982. The molecular weight excluding hydrogens is 258 g/mol. The van der Waals surface area contributed by atoms with Gasteiger partial charge >= 0.3 is 5.97 Å². The molecule has 0 aliphatic carbocycles. The Morgan fingerprint density at radius 1 is 1.50 bits per heavy atom. The van der Waals surface area contributed by atoms with E-state index in [0.29, 0.717) is 18.9 Å². The van der Waals surface area contributed by atoms with Crippen molar-refractivity contribution >= 4 is 17.7 Å². The topological polar surface area (TPSA) is 82.5 Å². The van der Waals surface area contributed by atoms with Crippen molar-refractivity contribution in [2.24, 2.45) is 0 Å². The second-order valence-electron chi connectivity index (χ2n) is 4.89. The Bertz CT molecular complexity index is 516. The molecular formula is C14H19N3O3. The van der Waals surface area contributed by atoms with Gasteiger partial charge in [0, 0.05) is 18.8 Å². The van der Waals surface area contributed by atoms with Crippen LogP contribution in [0.15, 0.2) is 12.1 Å². The molecule has 1 fully saturated rings. The Morgan fingerprint density at radius 3 is 3.00 bits per heavy atom. The van der Waals surface area contributed by atoms with E-state index >= 15 is 0 Å². The molecule has 1 aromatic rings. The van der Waals surface area contributed by atoms with Gasteiger partial charge in [0.1, 0.15) is 5.82 Å². The van der Waals surface area contributed by atoms with E-state index in [1.165, 1.54) is 0 Å². The quantitative estimate of drug-likeness (QED) is 0.860. The fourth-order valence-electron chi connectivity index (χ4n) is 2.24. The number of nitrogens with zero attached hydrogens (tertiary/aromatic N) is 2. The highest BCUT2D eigenvalue weighted by Crippen LogP contribution is 2.17. The predicted molar refractivity (Wildman–Crippen MR) is 75.0 cm³/mol. The van der Waals surface area contributed by atoms with E-state index in [0.717, 1.165) is 25.0 Å². The summed E-state index contributed by atoms with van der Waals surface area (Å²) >= 11 is 0. The monoisotopic (exact) mass is 277 g/mol. The fraction of sp³-hybridized carbons (Fsp3) is 0.500. The van der Waals surface area contributed by atoms with Gasteiger partial charge in [-0.05, 0) is 25.0 Å². The number of carbonyl (C=O) groups excluding carboxylic acids is 1. The maximum absolute atomic E-state index is 11.6. The van der Waals surface area contributed by atoms with Crippen molar-refractivity contribution in [1.82, 2.24) is 10.3 Å². The lowest BCUT2D eigenvalue weighted by Crippen LogP contribution is -2.33. The number of carboxylic acid groups (broad SMARTS) is 1. The number of hydrogen-bond acceptors (Lipinski definition) is 4. The maximum Gasteiger partial charge on any atom is 0.335 e. The third-order valence-corrected chi connectivity index (χ3v) is 3.20. The molecule has 0 aromatic carbocycles. The number of aromatic carboxylic acids is 1. The molecule has 6 heteroatoms. The largest absolute Gasteiger partial charge is 0.478 e. The molecule has 6 nitrogen and oxygen atoms in total. The average molecular weight is 277 g/mol. The summed E-state index contributed by atoms with van der Waals surface area (Å²) in [6.07, 6.45) is 2.46. The molecule has 1 aliphatic heterocycles. The number of amides is 1. The van der Waals surface area contributed by atoms with Crippen LogP contribution in [0.1, 0.15) is 35.8 Å². The Kier molecular flexibility index (Phi) is 4.55. The zero-order chi connectivity index (χ0) is 14.5. The number of pyridine rings is 1. The number of hydrogen-bond donors (Lipinski definition) is 2. The lowest BCUT2D eigenvalue weighted by atomic mass is 10.1. The van der Waals surface area contributed by atoms with Crippen LogP contribution in [0.25, 0.3) is 0 Å². The van der Waals surface area contributed by atoms with Gasteiger partial charge in [0.2, 0.25) is 5.91 Å². The zero-order valence-corrected chi connectivity index (χ0v) is 11.6. The van der Waals surface area contributed by atoms with Gasteiger partial charge in [-0.25, -0.2) is 9.78 Å². The molecule has 2 rings (SSSR count). The first kappa shape index (κ1) is 14.3. The average Bonchev–Trinajstić information content (AvgIpc) is 2.63. The standard InChI is InChI=1S/C14H19N3O3/c1-2-4-11-7-10(14(19)20)8-12(16-11)17-6-3-5-15-13(18)9-17/h7-8H,2-6,9H2,1H3,(H,15,18)(H,19,20). The molecule has 20 heavy (non-hydrogen) atoms. The minimum atomic E-state index is -0.967. The van der Waals surface area contributed by atoms with Crippen molar-refractivity contribution in [3.63, 3.8) is 0 Å². The first-order valence-electron chi connectivity index (χ1n) is 6.86. The lowest BCUT2D eigenvalue weighted by Gasteiger charge is -2.21. The van der Waals surface area contributed by atoms with Crippen molar-refractivity contribution in [1.29, 1.82) is 0 Å². The van der Waals surface area contributed by atoms with Crippen LogP contribution >= 0.6 is 0 Å². The van der Waals surface area contributed by atoms with E-state index in [1.807, 2.05) is 11.8 Å². The SMILES string of the molecule is CCCc1cc(C(=O)O)cc(N2CCCNC(=O)C2)n1. The number of nitrogens with one attached hydrogen (secondary N) is 1. The summed E-state index contributed by atoms with van der Waals surface area (Å²) in [5, 5.41) is 12.0. The molecule has 2 N–H and O–H groups in total. The minimum absolute atomic E-state index is 0.0536. The molecule has 1 amide bonds. The third-order valence-electron chi connectivity index (χ3n) is 3.20. The molecule has 0 spiro atoms. The number of carboxylic acids is 1. The summed E-state index contributed by atoms with van der Waals surface area (Å²) in [7, 11) is 0. The Morgan fingerprint density at radius 2 is 2.30 bits per heavy atom. The van der Waals surface area contributed by atoms with Gasteiger partial charge in [-0.1, -0.05) is 13.3 Å². The van der Waals surface area contributed by atoms with Crippen LogP contribution in [0.3, 0.4) is 0 Å². The summed E-state index contributed by atoms with van der Waals surface area (Å²) in [4.78, 5) is 29.1. The number of carbonyl (C=O) groups is 2. The van der Waals surface area contributed by atoms with Crippen LogP contribution in [0.4, 0.5) is 5.82 Å². The van der Waals surface area contributed by atoms with Gasteiger partial charge in [0.25, 0.3) is 0 Å². The van der Waals surface area contributed by atoms with Crippen LogP contribution < -0.4 is 10.2 Å². The smallest absolute Gasteiger partial charge is 0.335 e. The Hall–Kier alpha value is -2.11. The first-order chi connectivity index (χ1) is 9.60. The number of anilines is 1. The molecule has 1 saturated heterocycles. The minimum Gasteiger partial charge on any atom is -0.478 e. The highest BCUT2D eigenvalue weighted by molar-refractivity contribution is 5.89. The van der Waals surface area contributed by atoms with Crippen LogP contribution in [0, 0.1) is 0 Å². The van der Waals surface area contributed by atoms with Crippen LogP contribution in [-0.4, -0.2) is 41.6 Å². The molecule has 2 heterocycles. The molecule has 0 atom stereocenters. The molecule has 1 aliphatic rings. The van der Waals surface area contributed by atoms with Crippen LogP contribution in [-0.2, 0) is 11.2 Å².